The molecule has 1 saturated carbocycles. The lowest BCUT2D eigenvalue weighted by Crippen LogP contribution is -2.43. The lowest BCUT2D eigenvalue weighted by molar-refractivity contribution is -0.120. The number of nitrogens with one attached hydrogen (secondary N) is 1. The van der Waals surface area contributed by atoms with Crippen LogP contribution in [-0.4, -0.2) is 11.9 Å². The summed E-state index contributed by atoms with van der Waals surface area (Å²) in [6.07, 6.45) is 4.81. The fraction of sp³-hybridized carbons (Fsp3) is 0.929. The zero-order valence-corrected chi connectivity index (χ0v) is 11.5. The van der Waals surface area contributed by atoms with E-state index in [0.29, 0.717) is 11.5 Å². The number of carbonyl (C=O) groups is 1. The molecule has 2 nitrogen and oxygen atoms in total. The SMILES string of the molecule is CC(=O)NC1CCC(C(C)C)(C(C)C)CC1. The summed E-state index contributed by atoms with van der Waals surface area (Å²) in [6.45, 7) is 11.0. The van der Waals surface area contributed by atoms with Crippen LogP contribution in [0.3, 0.4) is 0 Å². The van der Waals surface area contributed by atoms with Crippen LogP contribution in [0, 0.1) is 17.3 Å². The van der Waals surface area contributed by atoms with Crippen LogP contribution in [0.2, 0.25) is 0 Å². The molecule has 2 heteroatoms. The molecule has 0 unspecified atom stereocenters. The van der Waals surface area contributed by atoms with Gasteiger partial charge in [-0.2, -0.15) is 0 Å². The second kappa shape index (κ2) is 5.20. The number of rotatable bonds is 3. The van der Waals surface area contributed by atoms with Crippen molar-refractivity contribution in [2.24, 2.45) is 17.3 Å². The first-order valence-electron chi connectivity index (χ1n) is 6.65. The fourth-order valence-electron chi connectivity index (χ4n) is 3.41. The molecule has 1 rings (SSSR count). The van der Waals surface area contributed by atoms with Crippen molar-refractivity contribution in [1.29, 1.82) is 0 Å². The van der Waals surface area contributed by atoms with Gasteiger partial charge in [-0.15, -0.1) is 0 Å². The molecule has 0 bridgehead atoms. The van der Waals surface area contributed by atoms with Crippen molar-refractivity contribution in [3.8, 4) is 0 Å². The molecule has 94 valence electrons. The maximum Gasteiger partial charge on any atom is 0.217 e. The first-order chi connectivity index (χ1) is 7.38. The van der Waals surface area contributed by atoms with E-state index in [1.54, 1.807) is 6.92 Å². The quantitative estimate of drug-likeness (QED) is 0.784. The molecule has 0 atom stereocenters. The molecular weight excluding hydrogens is 198 g/mol. The van der Waals surface area contributed by atoms with Crippen molar-refractivity contribution in [2.45, 2.75) is 66.3 Å². The number of amides is 1. The van der Waals surface area contributed by atoms with Gasteiger partial charge in [0.1, 0.15) is 0 Å². The van der Waals surface area contributed by atoms with Crippen LogP contribution < -0.4 is 5.32 Å². The molecule has 0 radical (unpaired) electrons. The predicted molar refractivity (Wildman–Crippen MR) is 68.2 cm³/mol. The average molecular weight is 225 g/mol. The van der Waals surface area contributed by atoms with Gasteiger partial charge in [-0.3, -0.25) is 4.79 Å². The van der Waals surface area contributed by atoms with Gasteiger partial charge in [-0.05, 0) is 42.9 Å². The molecule has 1 amide bonds. The second-order valence-electron chi connectivity index (χ2n) is 6.02. The summed E-state index contributed by atoms with van der Waals surface area (Å²) in [5, 5.41) is 3.06. The Morgan fingerprint density at radius 3 is 1.88 bits per heavy atom. The van der Waals surface area contributed by atoms with Gasteiger partial charge in [0, 0.05) is 13.0 Å². The Morgan fingerprint density at radius 2 is 1.56 bits per heavy atom. The lowest BCUT2D eigenvalue weighted by Gasteiger charge is -2.46. The molecule has 0 aliphatic heterocycles. The zero-order chi connectivity index (χ0) is 12.3. The van der Waals surface area contributed by atoms with E-state index in [2.05, 4.69) is 33.0 Å². The highest BCUT2D eigenvalue weighted by Crippen LogP contribution is 2.47. The summed E-state index contributed by atoms with van der Waals surface area (Å²) in [4.78, 5) is 11.0. The van der Waals surface area contributed by atoms with E-state index < -0.39 is 0 Å². The Hall–Kier alpha value is -0.530. The van der Waals surface area contributed by atoms with Gasteiger partial charge in [0.15, 0.2) is 0 Å². The summed E-state index contributed by atoms with van der Waals surface area (Å²) >= 11 is 0. The molecule has 1 fully saturated rings. The van der Waals surface area contributed by atoms with Crippen molar-refractivity contribution in [3.05, 3.63) is 0 Å². The van der Waals surface area contributed by atoms with Gasteiger partial charge in [0.2, 0.25) is 5.91 Å². The molecule has 0 spiro atoms. The summed E-state index contributed by atoms with van der Waals surface area (Å²) in [6, 6.07) is 0.420. The minimum Gasteiger partial charge on any atom is -0.354 e. The van der Waals surface area contributed by atoms with Crippen LogP contribution in [0.1, 0.15) is 60.3 Å². The molecule has 0 saturated heterocycles. The van der Waals surface area contributed by atoms with Crippen molar-refractivity contribution < 1.29 is 4.79 Å². The summed E-state index contributed by atoms with van der Waals surface area (Å²) in [5.74, 6) is 1.60. The molecule has 0 heterocycles. The Labute approximate surface area is 100 Å². The number of carbonyl (C=O) groups excluding carboxylic acids is 1. The Bertz CT molecular complexity index is 227. The van der Waals surface area contributed by atoms with E-state index in [4.69, 9.17) is 0 Å². The highest BCUT2D eigenvalue weighted by Gasteiger charge is 2.40. The maximum absolute atomic E-state index is 11.0. The largest absolute Gasteiger partial charge is 0.354 e. The highest BCUT2D eigenvalue weighted by molar-refractivity contribution is 5.73. The first kappa shape index (κ1) is 13.5. The summed E-state index contributed by atoms with van der Waals surface area (Å²) in [5.41, 5.74) is 0.495. The molecule has 0 aromatic rings. The van der Waals surface area contributed by atoms with Crippen LogP contribution in [0.5, 0.6) is 0 Å². The summed E-state index contributed by atoms with van der Waals surface area (Å²) in [7, 11) is 0. The lowest BCUT2D eigenvalue weighted by atomic mass is 9.60. The molecule has 16 heavy (non-hydrogen) atoms. The van der Waals surface area contributed by atoms with Gasteiger partial charge >= 0.3 is 0 Å². The van der Waals surface area contributed by atoms with E-state index in [-0.39, 0.29) is 5.91 Å². The van der Waals surface area contributed by atoms with Crippen molar-refractivity contribution in [3.63, 3.8) is 0 Å². The van der Waals surface area contributed by atoms with Gasteiger partial charge in [0.05, 0.1) is 0 Å². The Balaban J connectivity index is 2.60. The molecular formula is C14H27NO. The zero-order valence-electron chi connectivity index (χ0n) is 11.5. The average Bonchev–Trinajstić information content (AvgIpc) is 2.17. The molecule has 1 aliphatic carbocycles. The van der Waals surface area contributed by atoms with Gasteiger partial charge in [0.25, 0.3) is 0 Å². The predicted octanol–water partition coefficient (Wildman–Crippen LogP) is 3.36. The van der Waals surface area contributed by atoms with Crippen molar-refractivity contribution in [2.75, 3.05) is 0 Å². The normalized spacial score (nSPS) is 21.4. The molecule has 1 aliphatic rings. The third kappa shape index (κ3) is 2.78. The topological polar surface area (TPSA) is 29.1 Å². The van der Waals surface area contributed by atoms with Crippen LogP contribution in [0.15, 0.2) is 0 Å². The third-order valence-electron chi connectivity index (χ3n) is 4.62. The van der Waals surface area contributed by atoms with Crippen LogP contribution in [0.25, 0.3) is 0 Å². The first-order valence-corrected chi connectivity index (χ1v) is 6.65. The molecule has 1 N–H and O–H groups in total. The Morgan fingerprint density at radius 1 is 1.12 bits per heavy atom. The highest BCUT2D eigenvalue weighted by atomic mass is 16.1. The van der Waals surface area contributed by atoms with E-state index in [9.17, 15) is 4.79 Å². The van der Waals surface area contributed by atoms with E-state index in [1.165, 1.54) is 12.8 Å². The summed E-state index contributed by atoms with van der Waals surface area (Å²) < 4.78 is 0. The van der Waals surface area contributed by atoms with E-state index in [0.717, 1.165) is 24.7 Å². The minimum atomic E-state index is 0.117. The van der Waals surface area contributed by atoms with Gasteiger partial charge in [-0.1, -0.05) is 27.7 Å². The third-order valence-corrected chi connectivity index (χ3v) is 4.62. The number of hydrogen-bond donors (Lipinski definition) is 1. The van der Waals surface area contributed by atoms with Crippen LogP contribution >= 0.6 is 0 Å². The second-order valence-corrected chi connectivity index (χ2v) is 6.02. The molecule has 0 aromatic heterocycles. The minimum absolute atomic E-state index is 0.117. The van der Waals surface area contributed by atoms with E-state index in [1.807, 2.05) is 0 Å². The Kier molecular flexibility index (Phi) is 4.40. The number of hydrogen-bond acceptors (Lipinski definition) is 1. The van der Waals surface area contributed by atoms with Crippen LogP contribution in [-0.2, 0) is 4.79 Å². The van der Waals surface area contributed by atoms with Crippen molar-refractivity contribution >= 4 is 5.91 Å². The fourth-order valence-corrected chi connectivity index (χ4v) is 3.41. The smallest absolute Gasteiger partial charge is 0.217 e. The standard InChI is InChI=1S/C14H27NO/c1-10(2)14(11(3)4)8-6-13(7-9-14)15-12(5)16/h10-11,13H,6-9H2,1-5H3,(H,15,16). The van der Waals surface area contributed by atoms with Crippen LogP contribution in [0.4, 0.5) is 0 Å². The van der Waals surface area contributed by atoms with E-state index >= 15 is 0 Å². The van der Waals surface area contributed by atoms with Gasteiger partial charge < -0.3 is 5.32 Å². The van der Waals surface area contributed by atoms with Crippen molar-refractivity contribution in [1.82, 2.24) is 5.32 Å². The van der Waals surface area contributed by atoms with Gasteiger partial charge in [-0.25, -0.2) is 0 Å². The maximum atomic E-state index is 11.0. The monoisotopic (exact) mass is 225 g/mol. The molecule has 0 aromatic carbocycles.